The zero-order chi connectivity index (χ0) is 20.2. The molecule has 0 amide bonds. The Morgan fingerprint density at radius 3 is 2.30 bits per heavy atom. The number of halogens is 3. The highest BCUT2D eigenvalue weighted by Crippen LogP contribution is 2.34. The minimum Gasteiger partial charge on any atom is -0.495 e. The molecular formula is C17H17Cl3N2O4S. The molecular weight excluding hydrogens is 435 g/mol. The van der Waals surface area contributed by atoms with Gasteiger partial charge < -0.3 is 9.47 Å². The van der Waals surface area contributed by atoms with Crippen molar-refractivity contribution in [1.82, 2.24) is 4.83 Å². The molecule has 6 nitrogen and oxygen atoms in total. The predicted molar refractivity (Wildman–Crippen MR) is 108 cm³/mol. The Bertz CT molecular complexity index is 940. The molecule has 146 valence electrons. The second kappa shape index (κ2) is 9.01. The summed E-state index contributed by atoms with van der Waals surface area (Å²) >= 11 is 18.2. The van der Waals surface area contributed by atoms with Crippen molar-refractivity contribution in [3.05, 3.63) is 51.0 Å². The Hall–Kier alpha value is -1.67. The molecule has 0 spiro atoms. The van der Waals surface area contributed by atoms with Crippen LogP contribution in [0.5, 0.6) is 11.5 Å². The van der Waals surface area contributed by atoms with E-state index in [4.69, 9.17) is 44.3 Å². The van der Waals surface area contributed by atoms with Gasteiger partial charge in [0.15, 0.2) is 5.75 Å². The highest BCUT2D eigenvalue weighted by Gasteiger charge is 2.19. The Morgan fingerprint density at radius 2 is 1.74 bits per heavy atom. The van der Waals surface area contributed by atoms with Gasteiger partial charge in [-0.1, -0.05) is 34.8 Å². The molecule has 0 saturated heterocycles. The molecule has 0 aromatic heterocycles. The van der Waals surface area contributed by atoms with Crippen molar-refractivity contribution in [1.29, 1.82) is 0 Å². The number of hydrogen-bond acceptors (Lipinski definition) is 5. The number of methoxy groups -OCH3 is 1. The number of hydrazone groups is 1. The van der Waals surface area contributed by atoms with Crippen molar-refractivity contribution in [3.8, 4) is 11.5 Å². The van der Waals surface area contributed by atoms with E-state index in [2.05, 4.69) is 9.93 Å². The van der Waals surface area contributed by atoms with E-state index in [0.717, 1.165) is 0 Å². The van der Waals surface area contributed by atoms with E-state index in [9.17, 15) is 8.42 Å². The molecule has 10 heteroatoms. The smallest absolute Gasteiger partial charge is 0.280 e. The maximum Gasteiger partial charge on any atom is 0.280 e. The third-order valence-corrected chi connectivity index (χ3v) is 5.22. The van der Waals surface area contributed by atoms with Gasteiger partial charge in [-0.15, -0.1) is 0 Å². The second-order valence-corrected chi connectivity index (χ2v) is 8.51. The van der Waals surface area contributed by atoms with Crippen molar-refractivity contribution in [3.63, 3.8) is 0 Å². The van der Waals surface area contributed by atoms with Crippen LogP contribution in [0.15, 0.2) is 40.3 Å². The predicted octanol–water partition coefficient (Wildman–Crippen LogP) is 4.76. The average molecular weight is 452 g/mol. The maximum absolute atomic E-state index is 12.4. The quantitative estimate of drug-likeness (QED) is 0.486. The van der Waals surface area contributed by atoms with Crippen molar-refractivity contribution in [2.24, 2.45) is 5.10 Å². The van der Waals surface area contributed by atoms with Gasteiger partial charge in [-0.25, -0.2) is 0 Å². The number of rotatable bonds is 7. The van der Waals surface area contributed by atoms with Gasteiger partial charge in [-0.3, -0.25) is 0 Å². The van der Waals surface area contributed by atoms with Crippen LogP contribution in [0.25, 0.3) is 0 Å². The third-order valence-electron chi connectivity index (χ3n) is 3.18. The second-order valence-electron chi connectivity index (χ2n) is 5.63. The molecule has 0 atom stereocenters. The van der Waals surface area contributed by atoms with E-state index in [1.165, 1.54) is 31.5 Å². The molecule has 0 radical (unpaired) electrons. The zero-order valence-electron chi connectivity index (χ0n) is 14.7. The normalized spacial score (nSPS) is 11.8. The minimum absolute atomic E-state index is 0.0981. The van der Waals surface area contributed by atoms with Crippen LogP contribution in [0.4, 0.5) is 0 Å². The van der Waals surface area contributed by atoms with Gasteiger partial charge in [0.1, 0.15) is 10.6 Å². The van der Waals surface area contributed by atoms with Gasteiger partial charge in [0, 0.05) is 5.02 Å². The summed E-state index contributed by atoms with van der Waals surface area (Å²) in [6.45, 7) is 3.70. The largest absolute Gasteiger partial charge is 0.495 e. The fourth-order valence-electron chi connectivity index (χ4n) is 2.08. The third kappa shape index (κ3) is 5.65. The molecule has 1 N–H and O–H groups in total. The molecule has 0 aliphatic carbocycles. The van der Waals surface area contributed by atoms with E-state index in [-0.39, 0.29) is 31.8 Å². The fourth-order valence-corrected chi connectivity index (χ4v) is 3.90. The fraction of sp³-hybridized carbons (Fsp3) is 0.235. The molecule has 0 aliphatic rings. The first-order chi connectivity index (χ1) is 12.6. The summed E-state index contributed by atoms with van der Waals surface area (Å²) in [6, 6.07) is 7.36. The highest BCUT2D eigenvalue weighted by atomic mass is 35.5. The number of benzene rings is 2. The number of nitrogens with zero attached hydrogens (tertiary/aromatic N) is 1. The minimum atomic E-state index is -3.99. The summed E-state index contributed by atoms with van der Waals surface area (Å²) in [5, 5.41) is 4.58. The monoisotopic (exact) mass is 450 g/mol. The lowest BCUT2D eigenvalue weighted by Crippen LogP contribution is -2.19. The molecule has 2 aromatic carbocycles. The summed E-state index contributed by atoms with van der Waals surface area (Å²) in [4.78, 5) is 1.96. The topological polar surface area (TPSA) is 77.0 Å². The van der Waals surface area contributed by atoms with Crippen molar-refractivity contribution in [2.75, 3.05) is 7.11 Å². The maximum atomic E-state index is 12.4. The molecule has 0 fully saturated rings. The van der Waals surface area contributed by atoms with Gasteiger partial charge in [0.05, 0.1) is 29.5 Å². The standard InChI is InChI=1S/C17H17Cl3N2O4S/c1-10(2)26-17-13(19)6-11(7-14(17)20)9-21-22-27(23,24)16-8-12(18)4-5-15(16)25-3/h4-10,22H,1-3H3/b21-9+. The number of sulfonamides is 1. The van der Waals surface area contributed by atoms with Gasteiger partial charge in [-0.2, -0.15) is 18.4 Å². The molecule has 0 unspecified atom stereocenters. The van der Waals surface area contributed by atoms with E-state index in [1.807, 2.05) is 13.8 Å². The van der Waals surface area contributed by atoms with E-state index >= 15 is 0 Å². The van der Waals surface area contributed by atoms with Crippen LogP contribution in [0.1, 0.15) is 19.4 Å². The van der Waals surface area contributed by atoms with E-state index < -0.39 is 10.0 Å². The number of ether oxygens (including phenoxy) is 2. The molecule has 2 rings (SSSR count). The zero-order valence-corrected chi connectivity index (χ0v) is 17.7. The van der Waals surface area contributed by atoms with E-state index in [1.54, 1.807) is 12.1 Å². The van der Waals surface area contributed by atoms with Crippen LogP contribution in [-0.2, 0) is 10.0 Å². The van der Waals surface area contributed by atoms with Gasteiger partial charge in [-0.05, 0) is 49.7 Å². The lowest BCUT2D eigenvalue weighted by atomic mass is 10.2. The van der Waals surface area contributed by atoms with Crippen molar-refractivity contribution < 1.29 is 17.9 Å². The lowest BCUT2D eigenvalue weighted by Gasteiger charge is -2.13. The Morgan fingerprint density at radius 1 is 1.11 bits per heavy atom. The van der Waals surface area contributed by atoms with E-state index in [0.29, 0.717) is 11.3 Å². The van der Waals surface area contributed by atoms with Gasteiger partial charge >= 0.3 is 0 Å². The Labute approximate surface area is 173 Å². The average Bonchev–Trinajstić information content (AvgIpc) is 2.58. The van der Waals surface area contributed by atoms with Gasteiger partial charge in [0.2, 0.25) is 0 Å². The van der Waals surface area contributed by atoms with Crippen LogP contribution in [0.3, 0.4) is 0 Å². The molecule has 27 heavy (non-hydrogen) atoms. The molecule has 0 heterocycles. The molecule has 0 aliphatic heterocycles. The molecule has 2 aromatic rings. The first-order valence-electron chi connectivity index (χ1n) is 7.68. The van der Waals surface area contributed by atoms with Crippen LogP contribution >= 0.6 is 34.8 Å². The lowest BCUT2D eigenvalue weighted by molar-refractivity contribution is 0.243. The van der Waals surface area contributed by atoms with Crippen LogP contribution in [-0.4, -0.2) is 27.8 Å². The highest BCUT2D eigenvalue weighted by molar-refractivity contribution is 7.89. The molecule has 0 bridgehead atoms. The first kappa shape index (κ1) is 21.6. The molecule has 0 saturated carbocycles. The van der Waals surface area contributed by atoms with Crippen LogP contribution < -0.4 is 14.3 Å². The summed E-state index contributed by atoms with van der Waals surface area (Å²) in [7, 11) is -2.63. The first-order valence-corrected chi connectivity index (χ1v) is 10.3. The Kier molecular flexibility index (Phi) is 7.22. The van der Waals surface area contributed by atoms with Crippen molar-refractivity contribution >= 4 is 51.0 Å². The van der Waals surface area contributed by atoms with Gasteiger partial charge in [0.25, 0.3) is 10.0 Å². The number of nitrogens with one attached hydrogen (secondary N) is 1. The SMILES string of the molecule is COc1ccc(Cl)cc1S(=O)(=O)N/N=C/c1cc(Cl)c(OC(C)C)c(Cl)c1. The summed E-state index contributed by atoms with van der Waals surface area (Å²) in [5.41, 5.74) is 0.488. The summed E-state index contributed by atoms with van der Waals surface area (Å²) in [5.74, 6) is 0.498. The van der Waals surface area contributed by atoms with Crippen LogP contribution in [0.2, 0.25) is 15.1 Å². The number of hydrogen-bond donors (Lipinski definition) is 1. The summed E-state index contributed by atoms with van der Waals surface area (Å²) in [6.07, 6.45) is 1.17. The van der Waals surface area contributed by atoms with Crippen molar-refractivity contribution in [2.45, 2.75) is 24.8 Å². The summed E-state index contributed by atoms with van der Waals surface area (Å²) < 4.78 is 35.4. The Balaban J connectivity index is 2.23. The van der Waals surface area contributed by atoms with Crippen LogP contribution in [0, 0.1) is 0 Å².